The van der Waals surface area contributed by atoms with Crippen molar-refractivity contribution in [2.45, 2.75) is 31.6 Å². The molecule has 1 nitrogen and oxygen atoms in total. The second-order valence-electron chi connectivity index (χ2n) is 5.81. The fourth-order valence-corrected chi connectivity index (χ4v) is 3.35. The van der Waals surface area contributed by atoms with Gasteiger partial charge in [-0.05, 0) is 29.9 Å². The van der Waals surface area contributed by atoms with Gasteiger partial charge >= 0.3 is 0 Å². The number of nitrogens with one attached hydrogen (secondary N) is 1. The summed E-state index contributed by atoms with van der Waals surface area (Å²) in [6.45, 7) is 2.40. The molecule has 1 aliphatic rings. The molecule has 1 fully saturated rings. The van der Waals surface area contributed by atoms with Crippen molar-refractivity contribution in [2.75, 3.05) is 0 Å². The Morgan fingerprint density at radius 3 is 2.50 bits per heavy atom. The molecule has 0 atom stereocenters. The van der Waals surface area contributed by atoms with E-state index in [2.05, 4.69) is 54.4 Å². The molecule has 0 aliphatic heterocycles. The Labute approximate surface area is 107 Å². The Hall–Kier alpha value is -1.76. The maximum Gasteiger partial charge on any atom is 0.0503 e. The molecule has 4 rings (SSSR count). The van der Waals surface area contributed by atoms with Gasteiger partial charge < -0.3 is 4.98 Å². The summed E-state index contributed by atoms with van der Waals surface area (Å²) >= 11 is 0. The number of benzene rings is 2. The third kappa shape index (κ3) is 1.22. The van der Waals surface area contributed by atoms with Gasteiger partial charge in [0.25, 0.3) is 0 Å². The van der Waals surface area contributed by atoms with E-state index in [0.717, 1.165) is 0 Å². The van der Waals surface area contributed by atoms with Crippen molar-refractivity contribution in [3.8, 4) is 0 Å². The van der Waals surface area contributed by atoms with Crippen LogP contribution in [0, 0.1) is 0 Å². The summed E-state index contributed by atoms with van der Waals surface area (Å²) in [4.78, 5) is 3.62. The van der Waals surface area contributed by atoms with Crippen molar-refractivity contribution >= 4 is 21.8 Å². The average molecular weight is 235 g/mol. The van der Waals surface area contributed by atoms with E-state index in [9.17, 15) is 0 Å². The lowest BCUT2D eigenvalue weighted by Crippen LogP contribution is -2.30. The highest BCUT2D eigenvalue weighted by atomic mass is 14.7. The number of aromatic nitrogens is 1. The molecule has 0 amide bonds. The molecule has 1 N–H and O–H groups in total. The molecule has 90 valence electrons. The number of hydrogen-bond acceptors (Lipinski definition) is 0. The summed E-state index contributed by atoms with van der Waals surface area (Å²) in [7, 11) is 0. The average Bonchev–Trinajstić information content (AvgIpc) is 2.74. The molecular formula is C17H17N. The predicted molar refractivity (Wildman–Crippen MR) is 77.0 cm³/mol. The molecule has 18 heavy (non-hydrogen) atoms. The molecule has 1 heteroatoms. The summed E-state index contributed by atoms with van der Waals surface area (Å²) < 4.78 is 0. The van der Waals surface area contributed by atoms with E-state index in [4.69, 9.17) is 0 Å². The van der Waals surface area contributed by atoms with Crippen LogP contribution in [-0.2, 0) is 5.41 Å². The minimum absolute atomic E-state index is 0.389. The first-order chi connectivity index (χ1) is 8.78. The van der Waals surface area contributed by atoms with Crippen LogP contribution in [0.15, 0.2) is 42.5 Å². The zero-order chi connectivity index (χ0) is 12.2. The summed E-state index contributed by atoms with van der Waals surface area (Å²) in [6.07, 6.45) is 4.01. The highest BCUT2D eigenvalue weighted by molar-refractivity contribution is 6.08. The summed E-state index contributed by atoms with van der Waals surface area (Å²) in [5, 5.41) is 2.72. The maximum atomic E-state index is 3.62. The van der Waals surface area contributed by atoms with Crippen molar-refractivity contribution in [1.82, 2.24) is 4.98 Å². The molecule has 0 radical (unpaired) electrons. The van der Waals surface area contributed by atoms with Crippen LogP contribution in [0.5, 0.6) is 0 Å². The molecule has 1 saturated carbocycles. The molecule has 2 aromatic carbocycles. The van der Waals surface area contributed by atoms with Crippen LogP contribution in [0.1, 0.15) is 31.7 Å². The van der Waals surface area contributed by atoms with Gasteiger partial charge in [-0.15, -0.1) is 0 Å². The summed E-state index contributed by atoms with van der Waals surface area (Å²) in [5.74, 6) is 0. The minimum atomic E-state index is 0.389. The molecule has 1 aromatic heterocycles. The van der Waals surface area contributed by atoms with E-state index in [1.54, 1.807) is 0 Å². The molecule has 0 bridgehead atoms. The standard InChI is InChI=1S/C17H17N/c1-17(10-5-11-17)14-8-4-7-13-12-6-2-3-9-15(12)18-16(13)14/h2-4,6-9,18H,5,10-11H2,1H3. The van der Waals surface area contributed by atoms with E-state index < -0.39 is 0 Å². The molecule has 0 unspecified atom stereocenters. The van der Waals surface area contributed by atoms with E-state index >= 15 is 0 Å². The highest BCUT2D eigenvalue weighted by Crippen LogP contribution is 2.46. The molecule has 1 heterocycles. The van der Waals surface area contributed by atoms with Crippen molar-refractivity contribution < 1.29 is 0 Å². The van der Waals surface area contributed by atoms with E-state index in [0.29, 0.717) is 5.41 Å². The van der Waals surface area contributed by atoms with Crippen LogP contribution >= 0.6 is 0 Å². The molecule has 0 saturated heterocycles. The first-order valence-corrected chi connectivity index (χ1v) is 6.78. The number of para-hydroxylation sites is 2. The van der Waals surface area contributed by atoms with Crippen molar-refractivity contribution in [2.24, 2.45) is 0 Å². The van der Waals surface area contributed by atoms with Crippen LogP contribution in [0.25, 0.3) is 21.8 Å². The van der Waals surface area contributed by atoms with Gasteiger partial charge in [0.15, 0.2) is 0 Å². The monoisotopic (exact) mass is 235 g/mol. The Kier molecular flexibility index (Phi) is 1.91. The third-order valence-electron chi connectivity index (χ3n) is 4.65. The number of fused-ring (bicyclic) bond motifs is 3. The third-order valence-corrected chi connectivity index (χ3v) is 4.65. The largest absolute Gasteiger partial charge is 0.354 e. The molecular weight excluding hydrogens is 218 g/mol. The Morgan fingerprint density at radius 2 is 1.72 bits per heavy atom. The predicted octanol–water partition coefficient (Wildman–Crippen LogP) is 4.76. The van der Waals surface area contributed by atoms with Gasteiger partial charge in [-0.1, -0.05) is 49.7 Å². The quantitative estimate of drug-likeness (QED) is 0.625. The zero-order valence-corrected chi connectivity index (χ0v) is 10.7. The molecule has 0 spiro atoms. The first-order valence-electron chi connectivity index (χ1n) is 6.78. The lowest BCUT2D eigenvalue weighted by atomic mass is 9.65. The van der Waals surface area contributed by atoms with Crippen molar-refractivity contribution in [3.05, 3.63) is 48.0 Å². The topological polar surface area (TPSA) is 15.8 Å². The van der Waals surface area contributed by atoms with Crippen LogP contribution in [0.3, 0.4) is 0 Å². The lowest BCUT2D eigenvalue weighted by molar-refractivity contribution is 0.274. The Balaban J connectivity index is 2.10. The van der Waals surface area contributed by atoms with Crippen LogP contribution in [0.2, 0.25) is 0 Å². The second-order valence-corrected chi connectivity index (χ2v) is 5.81. The zero-order valence-electron chi connectivity index (χ0n) is 10.7. The SMILES string of the molecule is CC1(c2cccc3c2[nH]c2ccccc23)CCC1. The maximum absolute atomic E-state index is 3.62. The highest BCUT2D eigenvalue weighted by Gasteiger charge is 2.35. The van der Waals surface area contributed by atoms with Gasteiger partial charge in [-0.3, -0.25) is 0 Å². The number of hydrogen-bond donors (Lipinski definition) is 1. The van der Waals surface area contributed by atoms with Gasteiger partial charge in [0, 0.05) is 16.3 Å². The smallest absolute Gasteiger partial charge is 0.0503 e. The van der Waals surface area contributed by atoms with Gasteiger partial charge in [-0.25, -0.2) is 0 Å². The van der Waals surface area contributed by atoms with Gasteiger partial charge in [0.2, 0.25) is 0 Å². The lowest BCUT2D eigenvalue weighted by Gasteiger charge is -2.39. The van der Waals surface area contributed by atoms with E-state index in [1.807, 2.05) is 0 Å². The number of aromatic amines is 1. The van der Waals surface area contributed by atoms with Crippen LogP contribution < -0.4 is 0 Å². The summed E-state index contributed by atoms with van der Waals surface area (Å²) in [5.41, 5.74) is 4.49. The first kappa shape index (κ1) is 10.2. The molecule has 1 aliphatic carbocycles. The Morgan fingerprint density at radius 1 is 0.944 bits per heavy atom. The minimum Gasteiger partial charge on any atom is -0.354 e. The van der Waals surface area contributed by atoms with E-state index in [-0.39, 0.29) is 0 Å². The van der Waals surface area contributed by atoms with Crippen molar-refractivity contribution in [1.29, 1.82) is 0 Å². The van der Waals surface area contributed by atoms with Crippen LogP contribution in [-0.4, -0.2) is 4.98 Å². The number of H-pyrrole nitrogens is 1. The fourth-order valence-electron chi connectivity index (χ4n) is 3.35. The van der Waals surface area contributed by atoms with E-state index in [1.165, 1.54) is 46.6 Å². The van der Waals surface area contributed by atoms with Gasteiger partial charge in [-0.2, -0.15) is 0 Å². The van der Waals surface area contributed by atoms with Crippen molar-refractivity contribution in [3.63, 3.8) is 0 Å². The van der Waals surface area contributed by atoms with Crippen LogP contribution in [0.4, 0.5) is 0 Å². The molecule has 3 aromatic rings. The number of rotatable bonds is 1. The van der Waals surface area contributed by atoms with Gasteiger partial charge in [0.05, 0.1) is 5.52 Å². The Bertz CT molecular complexity index is 732. The fraction of sp³-hybridized carbons (Fsp3) is 0.294. The second kappa shape index (κ2) is 3.38. The normalized spacial score (nSPS) is 18.1. The summed E-state index contributed by atoms with van der Waals surface area (Å²) in [6, 6.07) is 15.3. The van der Waals surface area contributed by atoms with Gasteiger partial charge in [0.1, 0.15) is 0 Å².